The third kappa shape index (κ3) is 3.07. The number of rotatable bonds is 3. The molecule has 2 aromatic carbocycles. The Morgan fingerprint density at radius 3 is 2.81 bits per heavy atom. The summed E-state index contributed by atoms with van der Waals surface area (Å²) in [6, 6.07) is 11.5. The number of nitrogens with zero attached hydrogens (tertiary/aromatic N) is 1. The summed E-state index contributed by atoms with van der Waals surface area (Å²) in [4.78, 5) is 12.3. The molecule has 0 spiro atoms. The highest BCUT2D eigenvalue weighted by Crippen LogP contribution is 2.29. The highest BCUT2D eigenvalue weighted by molar-refractivity contribution is 6.31. The van der Waals surface area contributed by atoms with Gasteiger partial charge in [-0.05, 0) is 30.3 Å². The first-order valence-corrected chi connectivity index (χ1v) is 6.38. The van der Waals surface area contributed by atoms with E-state index in [1.807, 2.05) is 6.07 Å². The summed E-state index contributed by atoms with van der Waals surface area (Å²) in [5.74, 6) is -0.0704. The fourth-order valence-corrected chi connectivity index (χ4v) is 2.00. The number of hydrogen-bond donors (Lipinski definition) is 2. The number of carbonyl (C=O) groups excluding carboxylic acids is 1. The van der Waals surface area contributed by atoms with E-state index >= 15 is 0 Å². The van der Waals surface area contributed by atoms with Crippen LogP contribution >= 0.6 is 11.6 Å². The van der Waals surface area contributed by atoms with Gasteiger partial charge in [0.05, 0.1) is 18.2 Å². The van der Waals surface area contributed by atoms with Crippen molar-refractivity contribution in [2.75, 3.05) is 18.2 Å². The molecular weight excluding hydrogens is 290 g/mol. The lowest BCUT2D eigenvalue weighted by Gasteiger charge is -2.12. The molecule has 0 atom stereocenters. The van der Waals surface area contributed by atoms with Gasteiger partial charge in [-0.25, -0.2) is 0 Å². The van der Waals surface area contributed by atoms with Crippen LogP contribution in [0, 0.1) is 11.3 Å². The maximum Gasteiger partial charge on any atom is 0.257 e. The van der Waals surface area contributed by atoms with Crippen LogP contribution in [0.1, 0.15) is 15.9 Å². The van der Waals surface area contributed by atoms with Crippen molar-refractivity contribution in [3.05, 3.63) is 52.5 Å². The van der Waals surface area contributed by atoms with Crippen molar-refractivity contribution in [2.45, 2.75) is 0 Å². The molecule has 106 valence electrons. The summed E-state index contributed by atoms with van der Waals surface area (Å²) in [6.07, 6.45) is 0. The van der Waals surface area contributed by atoms with Gasteiger partial charge < -0.3 is 15.8 Å². The molecule has 2 rings (SSSR count). The van der Waals surface area contributed by atoms with Gasteiger partial charge in [0, 0.05) is 10.7 Å². The normalized spacial score (nSPS) is 9.76. The number of hydrogen-bond acceptors (Lipinski definition) is 4. The van der Waals surface area contributed by atoms with E-state index in [1.54, 1.807) is 30.3 Å². The number of para-hydroxylation sites is 1. The minimum Gasteiger partial charge on any atom is -0.495 e. The Morgan fingerprint density at radius 2 is 2.14 bits per heavy atom. The number of nitriles is 1. The number of carbonyl (C=O) groups is 1. The van der Waals surface area contributed by atoms with Crippen molar-refractivity contribution >= 4 is 28.9 Å². The number of anilines is 2. The molecule has 3 N–H and O–H groups in total. The Morgan fingerprint density at radius 1 is 1.38 bits per heavy atom. The zero-order valence-electron chi connectivity index (χ0n) is 11.2. The van der Waals surface area contributed by atoms with Gasteiger partial charge in [0.2, 0.25) is 0 Å². The van der Waals surface area contributed by atoms with Gasteiger partial charge in [0.15, 0.2) is 0 Å². The zero-order valence-corrected chi connectivity index (χ0v) is 11.9. The van der Waals surface area contributed by atoms with Gasteiger partial charge >= 0.3 is 0 Å². The molecule has 1 amide bonds. The van der Waals surface area contributed by atoms with Crippen LogP contribution in [0.2, 0.25) is 5.02 Å². The van der Waals surface area contributed by atoms with Crippen molar-refractivity contribution in [1.82, 2.24) is 0 Å². The number of methoxy groups -OCH3 is 1. The van der Waals surface area contributed by atoms with Crippen molar-refractivity contribution in [2.24, 2.45) is 0 Å². The standard InChI is InChI=1S/C15H12ClN3O2/c1-21-13-4-2-3-9(8-17)14(13)19-15(20)11-7-10(16)5-6-12(11)18/h2-7H,18H2,1H3,(H,19,20). The van der Waals surface area contributed by atoms with Gasteiger partial charge in [-0.15, -0.1) is 0 Å². The molecule has 0 aliphatic carbocycles. The van der Waals surface area contributed by atoms with E-state index < -0.39 is 5.91 Å². The molecule has 0 saturated heterocycles. The maximum atomic E-state index is 12.3. The van der Waals surface area contributed by atoms with Crippen LogP contribution in [0.25, 0.3) is 0 Å². The Hall–Kier alpha value is -2.71. The Bertz CT molecular complexity index is 738. The fourth-order valence-electron chi connectivity index (χ4n) is 1.83. The fraction of sp³-hybridized carbons (Fsp3) is 0.0667. The lowest BCUT2D eigenvalue weighted by atomic mass is 10.1. The Balaban J connectivity index is 2.41. The van der Waals surface area contributed by atoms with E-state index in [9.17, 15) is 4.79 Å². The number of nitrogens with one attached hydrogen (secondary N) is 1. The van der Waals surface area contributed by atoms with Crippen LogP contribution in [-0.2, 0) is 0 Å². The highest BCUT2D eigenvalue weighted by Gasteiger charge is 2.15. The van der Waals surface area contributed by atoms with Gasteiger partial charge in [-0.1, -0.05) is 17.7 Å². The van der Waals surface area contributed by atoms with Crippen LogP contribution < -0.4 is 15.8 Å². The molecule has 0 radical (unpaired) electrons. The number of ether oxygens (including phenoxy) is 1. The molecule has 0 heterocycles. The minimum absolute atomic E-state index is 0.234. The number of halogens is 1. The van der Waals surface area contributed by atoms with Crippen LogP contribution in [0.3, 0.4) is 0 Å². The molecule has 0 aromatic heterocycles. The molecule has 6 heteroatoms. The second-order valence-electron chi connectivity index (χ2n) is 4.18. The van der Waals surface area contributed by atoms with Gasteiger partial charge in [0.1, 0.15) is 17.5 Å². The summed E-state index contributed by atoms with van der Waals surface area (Å²) < 4.78 is 5.16. The molecule has 5 nitrogen and oxygen atoms in total. The largest absolute Gasteiger partial charge is 0.495 e. The van der Waals surface area contributed by atoms with E-state index in [0.29, 0.717) is 27.7 Å². The first-order chi connectivity index (χ1) is 10.1. The average molecular weight is 302 g/mol. The monoisotopic (exact) mass is 301 g/mol. The summed E-state index contributed by atoms with van der Waals surface area (Å²) in [7, 11) is 1.46. The topological polar surface area (TPSA) is 88.1 Å². The van der Waals surface area contributed by atoms with Crippen LogP contribution in [0.5, 0.6) is 5.75 Å². The van der Waals surface area contributed by atoms with Crippen molar-refractivity contribution < 1.29 is 9.53 Å². The summed E-state index contributed by atoms with van der Waals surface area (Å²) in [6.45, 7) is 0. The lowest BCUT2D eigenvalue weighted by Crippen LogP contribution is -2.15. The lowest BCUT2D eigenvalue weighted by molar-refractivity contribution is 0.102. The molecule has 0 aliphatic rings. The summed E-state index contributed by atoms with van der Waals surface area (Å²) >= 11 is 5.87. The van der Waals surface area contributed by atoms with Crippen molar-refractivity contribution in [3.8, 4) is 11.8 Å². The third-order valence-electron chi connectivity index (χ3n) is 2.87. The van der Waals surface area contributed by atoms with Crippen LogP contribution in [0.15, 0.2) is 36.4 Å². The molecule has 0 fully saturated rings. The summed E-state index contributed by atoms with van der Waals surface area (Å²) in [5, 5.41) is 12.2. The predicted molar refractivity (Wildman–Crippen MR) is 81.5 cm³/mol. The zero-order chi connectivity index (χ0) is 15.4. The molecule has 0 saturated carbocycles. The highest BCUT2D eigenvalue weighted by atomic mass is 35.5. The molecule has 0 aliphatic heterocycles. The van der Waals surface area contributed by atoms with E-state index in [1.165, 1.54) is 13.2 Å². The van der Waals surface area contributed by atoms with Crippen LogP contribution in [-0.4, -0.2) is 13.0 Å². The van der Waals surface area contributed by atoms with Gasteiger partial charge in [-0.3, -0.25) is 4.79 Å². The smallest absolute Gasteiger partial charge is 0.257 e. The van der Waals surface area contributed by atoms with E-state index in [4.69, 9.17) is 27.3 Å². The predicted octanol–water partition coefficient (Wildman–Crippen LogP) is 3.05. The van der Waals surface area contributed by atoms with E-state index in [0.717, 1.165) is 0 Å². The van der Waals surface area contributed by atoms with Crippen LogP contribution in [0.4, 0.5) is 11.4 Å². The first-order valence-electron chi connectivity index (χ1n) is 6.00. The molecular formula is C15H12ClN3O2. The Labute approximate surface area is 126 Å². The number of nitrogen functional groups attached to an aromatic ring is 1. The minimum atomic E-state index is -0.462. The molecule has 0 unspecified atom stereocenters. The second-order valence-corrected chi connectivity index (χ2v) is 4.62. The number of nitrogens with two attached hydrogens (primary N) is 1. The number of amides is 1. The van der Waals surface area contributed by atoms with Gasteiger partial charge in [0.25, 0.3) is 5.91 Å². The van der Waals surface area contributed by atoms with Crippen molar-refractivity contribution in [3.63, 3.8) is 0 Å². The molecule has 21 heavy (non-hydrogen) atoms. The maximum absolute atomic E-state index is 12.3. The van der Waals surface area contributed by atoms with Crippen molar-refractivity contribution in [1.29, 1.82) is 5.26 Å². The molecule has 0 bridgehead atoms. The SMILES string of the molecule is COc1cccc(C#N)c1NC(=O)c1cc(Cl)ccc1N. The van der Waals surface area contributed by atoms with E-state index in [2.05, 4.69) is 5.32 Å². The van der Waals surface area contributed by atoms with Gasteiger partial charge in [-0.2, -0.15) is 5.26 Å². The average Bonchev–Trinajstić information content (AvgIpc) is 2.49. The first kappa shape index (κ1) is 14.7. The number of benzene rings is 2. The molecule has 2 aromatic rings. The summed E-state index contributed by atoms with van der Waals surface area (Å²) in [5.41, 5.74) is 6.89. The second kappa shape index (κ2) is 6.16. The van der Waals surface area contributed by atoms with E-state index in [-0.39, 0.29) is 5.56 Å². The Kier molecular flexibility index (Phi) is 4.31. The quantitative estimate of drug-likeness (QED) is 0.853. The third-order valence-corrected chi connectivity index (χ3v) is 3.10.